The molecule has 1 rings (SSSR count). The van der Waals surface area contributed by atoms with Gasteiger partial charge in [-0.25, -0.2) is 8.78 Å². The number of hydrogen-bond donors (Lipinski definition) is 1. The average Bonchev–Trinajstić information content (AvgIpc) is 2.22. The van der Waals surface area contributed by atoms with Gasteiger partial charge in [0.15, 0.2) is 0 Å². The first kappa shape index (κ1) is 12.1. The average molecular weight is 216 g/mol. The number of rotatable bonds is 4. The van der Waals surface area contributed by atoms with E-state index in [2.05, 4.69) is 0 Å². The quantitative estimate of drug-likeness (QED) is 0.833. The van der Waals surface area contributed by atoms with Gasteiger partial charge in [0, 0.05) is 13.5 Å². The minimum absolute atomic E-state index is 0.0403. The summed E-state index contributed by atoms with van der Waals surface area (Å²) >= 11 is 0. The van der Waals surface area contributed by atoms with Crippen molar-refractivity contribution in [3.8, 4) is 0 Å². The molecule has 4 heteroatoms. The maximum atomic E-state index is 13.2. The SMILES string of the molecule is COC(C)C(O)Cc1cc(F)ccc1F. The highest BCUT2D eigenvalue weighted by atomic mass is 19.1. The van der Waals surface area contributed by atoms with Crippen molar-refractivity contribution in [3.05, 3.63) is 35.4 Å². The Morgan fingerprint density at radius 1 is 1.40 bits per heavy atom. The third kappa shape index (κ3) is 3.25. The molecule has 0 aromatic heterocycles. The van der Waals surface area contributed by atoms with Crippen LogP contribution in [0.15, 0.2) is 18.2 Å². The molecule has 0 amide bonds. The van der Waals surface area contributed by atoms with Crippen LogP contribution in [0, 0.1) is 11.6 Å². The Hall–Kier alpha value is -1.00. The third-order valence-electron chi connectivity index (χ3n) is 2.35. The van der Waals surface area contributed by atoms with Crippen molar-refractivity contribution in [3.63, 3.8) is 0 Å². The van der Waals surface area contributed by atoms with E-state index < -0.39 is 23.8 Å². The first-order chi connectivity index (χ1) is 7.04. The van der Waals surface area contributed by atoms with Gasteiger partial charge in [-0.2, -0.15) is 0 Å². The lowest BCUT2D eigenvalue weighted by atomic mass is 10.0. The Bertz CT molecular complexity index is 328. The zero-order valence-electron chi connectivity index (χ0n) is 8.71. The summed E-state index contributed by atoms with van der Waals surface area (Å²) < 4.78 is 30.9. The highest BCUT2D eigenvalue weighted by Crippen LogP contribution is 2.13. The summed E-state index contributed by atoms with van der Waals surface area (Å²) in [6.07, 6.45) is -1.21. The van der Waals surface area contributed by atoms with E-state index >= 15 is 0 Å². The molecule has 15 heavy (non-hydrogen) atoms. The second kappa shape index (κ2) is 5.19. The van der Waals surface area contributed by atoms with E-state index in [1.54, 1.807) is 6.92 Å². The number of aliphatic hydroxyl groups is 1. The summed E-state index contributed by atoms with van der Waals surface area (Å²) in [6, 6.07) is 3.18. The van der Waals surface area contributed by atoms with Crippen molar-refractivity contribution in [2.75, 3.05) is 7.11 Å². The lowest BCUT2D eigenvalue weighted by Gasteiger charge is -2.17. The first-order valence-electron chi connectivity index (χ1n) is 4.69. The van der Waals surface area contributed by atoms with Gasteiger partial charge in [-0.15, -0.1) is 0 Å². The monoisotopic (exact) mass is 216 g/mol. The highest BCUT2D eigenvalue weighted by molar-refractivity contribution is 5.19. The van der Waals surface area contributed by atoms with Gasteiger partial charge in [-0.05, 0) is 30.7 Å². The molecule has 0 heterocycles. The summed E-state index contributed by atoms with van der Waals surface area (Å²) in [5, 5.41) is 9.57. The van der Waals surface area contributed by atoms with Crippen molar-refractivity contribution in [2.45, 2.75) is 25.6 Å². The van der Waals surface area contributed by atoms with Gasteiger partial charge < -0.3 is 9.84 Å². The lowest BCUT2D eigenvalue weighted by molar-refractivity contribution is 0.0000148. The maximum Gasteiger partial charge on any atom is 0.126 e. The van der Waals surface area contributed by atoms with Crippen LogP contribution in [0.25, 0.3) is 0 Å². The molecule has 1 N–H and O–H groups in total. The number of benzene rings is 1. The molecule has 0 fully saturated rings. The summed E-state index contributed by atoms with van der Waals surface area (Å²) in [4.78, 5) is 0. The maximum absolute atomic E-state index is 13.2. The molecular formula is C11H14F2O2. The molecule has 84 valence electrons. The van der Waals surface area contributed by atoms with E-state index in [4.69, 9.17) is 4.74 Å². The van der Waals surface area contributed by atoms with E-state index in [1.165, 1.54) is 7.11 Å². The number of aliphatic hydroxyl groups excluding tert-OH is 1. The van der Waals surface area contributed by atoms with E-state index in [-0.39, 0.29) is 12.0 Å². The van der Waals surface area contributed by atoms with E-state index in [1.807, 2.05) is 0 Å². The van der Waals surface area contributed by atoms with Crippen LogP contribution in [-0.4, -0.2) is 24.4 Å². The normalized spacial score (nSPS) is 15.0. The number of hydrogen-bond acceptors (Lipinski definition) is 2. The Morgan fingerprint density at radius 3 is 2.67 bits per heavy atom. The molecule has 0 aliphatic carbocycles. The Morgan fingerprint density at radius 2 is 2.07 bits per heavy atom. The van der Waals surface area contributed by atoms with Crippen LogP contribution in [0.2, 0.25) is 0 Å². The molecule has 2 nitrogen and oxygen atoms in total. The summed E-state index contributed by atoms with van der Waals surface area (Å²) in [5.74, 6) is -1.03. The number of ether oxygens (including phenoxy) is 1. The molecule has 1 aromatic rings. The predicted molar refractivity (Wildman–Crippen MR) is 52.5 cm³/mol. The zero-order chi connectivity index (χ0) is 11.4. The van der Waals surface area contributed by atoms with Gasteiger partial charge in [0.1, 0.15) is 11.6 Å². The fraction of sp³-hybridized carbons (Fsp3) is 0.455. The molecule has 0 bridgehead atoms. The minimum Gasteiger partial charge on any atom is -0.390 e. The Balaban J connectivity index is 2.75. The van der Waals surface area contributed by atoms with E-state index in [0.29, 0.717) is 0 Å². The van der Waals surface area contributed by atoms with Crippen molar-refractivity contribution in [1.82, 2.24) is 0 Å². The topological polar surface area (TPSA) is 29.5 Å². The predicted octanol–water partition coefficient (Wildman–Crippen LogP) is 1.90. The first-order valence-corrected chi connectivity index (χ1v) is 4.69. The van der Waals surface area contributed by atoms with Crippen LogP contribution < -0.4 is 0 Å². The second-order valence-corrected chi connectivity index (χ2v) is 3.45. The van der Waals surface area contributed by atoms with E-state index in [0.717, 1.165) is 18.2 Å². The van der Waals surface area contributed by atoms with E-state index in [9.17, 15) is 13.9 Å². The minimum atomic E-state index is -0.841. The molecule has 0 aliphatic rings. The fourth-order valence-electron chi connectivity index (χ4n) is 1.25. The molecule has 1 aromatic carbocycles. The number of methoxy groups -OCH3 is 1. The van der Waals surface area contributed by atoms with Crippen molar-refractivity contribution < 1.29 is 18.6 Å². The molecule has 0 radical (unpaired) electrons. The van der Waals surface area contributed by atoms with Gasteiger partial charge in [-0.1, -0.05) is 0 Å². The van der Waals surface area contributed by atoms with Crippen LogP contribution in [0.1, 0.15) is 12.5 Å². The van der Waals surface area contributed by atoms with Gasteiger partial charge in [0.05, 0.1) is 12.2 Å². The van der Waals surface area contributed by atoms with Crippen LogP contribution in [-0.2, 0) is 11.2 Å². The van der Waals surface area contributed by atoms with Gasteiger partial charge in [0.25, 0.3) is 0 Å². The zero-order valence-corrected chi connectivity index (χ0v) is 8.71. The second-order valence-electron chi connectivity index (χ2n) is 3.45. The molecule has 0 saturated carbocycles. The van der Waals surface area contributed by atoms with Crippen LogP contribution in [0.3, 0.4) is 0 Å². The fourth-order valence-corrected chi connectivity index (χ4v) is 1.25. The lowest BCUT2D eigenvalue weighted by Crippen LogP contribution is -2.27. The molecule has 2 unspecified atom stereocenters. The Labute approximate surface area is 87.5 Å². The van der Waals surface area contributed by atoms with Crippen LogP contribution in [0.5, 0.6) is 0 Å². The summed E-state index contributed by atoms with van der Waals surface area (Å²) in [7, 11) is 1.45. The van der Waals surface area contributed by atoms with Crippen LogP contribution in [0.4, 0.5) is 8.78 Å². The summed E-state index contributed by atoms with van der Waals surface area (Å²) in [5.41, 5.74) is 0.159. The molecule has 2 atom stereocenters. The number of halogens is 2. The molecule has 0 aliphatic heterocycles. The Kier molecular flexibility index (Phi) is 4.17. The van der Waals surface area contributed by atoms with Gasteiger partial charge in [0.2, 0.25) is 0 Å². The molecule has 0 saturated heterocycles. The molecular weight excluding hydrogens is 202 g/mol. The third-order valence-corrected chi connectivity index (χ3v) is 2.35. The largest absolute Gasteiger partial charge is 0.390 e. The standard InChI is InChI=1S/C11H14F2O2/c1-7(15-2)11(14)6-8-5-9(12)3-4-10(8)13/h3-5,7,11,14H,6H2,1-2H3. The van der Waals surface area contributed by atoms with Crippen molar-refractivity contribution in [1.29, 1.82) is 0 Å². The highest BCUT2D eigenvalue weighted by Gasteiger charge is 2.16. The van der Waals surface area contributed by atoms with Crippen molar-refractivity contribution >= 4 is 0 Å². The summed E-state index contributed by atoms with van der Waals surface area (Å²) in [6.45, 7) is 1.67. The molecule has 0 spiro atoms. The van der Waals surface area contributed by atoms with Gasteiger partial charge in [-0.3, -0.25) is 0 Å². The van der Waals surface area contributed by atoms with Gasteiger partial charge >= 0.3 is 0 Å². The van der Waals surface area contributed by atoms with Crippen molar-refractivity contribution in [2.24, 2.45) is 0 Å². The van der Waals surface area contributed by atoms with Crippen LogP contribution >= 0.6 is 0 Å². The smallest absolute Gasteiger partial charge is 0.126 e.